The Hall–Kier alpha value is -0.0800. The van der Waals surface area contributed by atoms with E-state index in [2.05, 4.69) is 39.8 Å². The number of hydrogen-bond acceptors (Lipinski definition) is 2. The van der Waals surface area contributed by atoms with Crippen LogP contribution in [0, 0.1) is 0 Å². The zero-order valence-electron chi connectivity index (χ0n) is 9.13. The summed E-state index contributed by atoms with van der Waals surface area (Å²) in [5.74, 6) is 0. The minimum Gasteiger partial charge on any atom is -0.374 e. The van der Waals surface area contributed by atoms with Crippen LogP contribution in [0.3, 0.4) is 0 Å². The van der Waals surface area contributed by atoms with Crippen molar-refractivity contribution in [1.82, 2.24) is 4.90 Å². The van der Waals surface area contributed by atoms with Gasteiger partial charge in [-0.3, -0.25) is 0 Å². The van der Waals surface area contributed by atoms with E-state index in [1.54, 1.807) is 0 Å². The lowest BCUT2D eigenvalue weighted by Crippen LogP contribution is -2.30. The van der Waals surface area contributed by atoms with E-state index >= 15 is 0 Å². The molecule has 0 rings (SSSR count). The van der Waals surface area contributed by atoms with Crippen molar-refractivity contribution in [3.63, 3.8) is 0 Å². The molecule has 2 unspecified atom stereocenters. The second-order valence-electron chi connectivity index (χ2n) is 3.65. The highest BCUT2D eigenvalue weighted by Crippen LogP contribution is 2.05. The predicted octanol–water partition coefficient (Wildman–Crippen LogP) is 2.14. The molecule has 2 nitrogen and oxygen atoms in total. The third-order valence-electron chi connectivity index (χ3n) is 2.02. The minimum atomic E-state index is 0.398. The van der Waals surface area contributed by atoms with E-state index in [1.165, 1.54) is 0 Å². The fourth-order valence-electron chi connectivity index (χ4n) is 1.10. The van der Waals surface area contributed by atoms with Crippen molar-refractivity contribution in [2.45, 2.75) is 45.8 Å². The number of rotatable bonds is 6. The van der Waals surface area contributed by atoms with Gasteiger partial charge in [0.25, 0.3) is 0 Å². The molecule has 0 saturated carbocycles. The van der Waals surface area contributed by atoms with Gasteiger partial charge < -0.3 is 9.64 Å². The largest absolute Gasteiger partial charge is 0.374 e. The molecule has 0 radical (unpaired) electrons. The zero-order chi connectivity index (χ0) is 9.56. The Morgan fingerprint density at radius 3 is 2.08 bits per heavy atom. The zero-order valence-corrected chi connectivity index (χ0v) is 9.13. The summed E-state index contributed by atoms with van der Waals surface area (Å²) in [7, 11) is 4.17. The quantitative estimate of drug-likeness (QED) is 0.610. The van der Waals surface area contributed by atoms with Crippen LogP contribution in [0.25, 0.3) is 0 Å². The monoisotopic (exact) mass is 173 g/mol. The molecule has 0 bridgehead atoms. The second-order valence-corrected chi connectivity index (χ2v) is 3.65. The van der Waals surface area contributed by atoms with Crippen molar-refractivity contribution < 1.29 is 4.74 Å². The Morgan fingerprint density at radius 2 is 1.75 bits per heavy atom. The molecule has 0 spiro atoms. The molecule has 0 amide bonds. The number of likely N-dealkylation sites (N-methyl/N-ethyl adjacent to an activating group) is 1. The van der Waals surface area contributed by atoms with Gasteiger partial charge in [0.1, 0.15) is 0 Å². The summed E-state index contributed by atoms with van der Waals surface area (Å²) < 4.78 is 5.82. The van der Waals surface area contributed by atoms with Gasteiger partial charge in [-0.25, -0.2) is 0 Å². The number of ether oxygens (including phenoxy) is 1. The second kappa shape index (κ2) is 6.44. The molecule has 74 valence electrons. The van der Waals surface area contributed by atoms with E-state index in [0.29, 0.717) is 12.2 Å². The van der Waals surface area contributed by atoms with Gasteiger partial charge in [0, 0.05) is 6.54 Å². The van der Waals surface area contributed by atoms with Crippen molar-refractivity contribution in [2.75, 3.05) is 20.6 Å². The van der Waals surface area contributed by atoms with Crippen LogP contribution in [0.2, 0.25) is 0 Å². The molecule has 0 saturated heterocycles. The van der Waals surface area contributed by atoms with Crippen molar-refractivity contribution in [3.05, 3.63) is 0 Å². The maximum absolute atomic E-state index is 5.82. The summed E-state index contributed by atoms with van der Waals surface area (Å²) in [6, 6.07) is 0. The fraction of sp³-hybridized carbons (Fsp3) is 1.00. The molecule has 0 aliphatic rings. The van der Waals surface area contributed by atoms with Gasteiger partial charge in [0.15, 0.2) is 0 Å². The summed E-state index contributed by atoms with van der Waals surface area (Å²) in [6.45, 7) is 7.50. The maximum Gasteiger partial charge on any atom is 0.0702 e. The summed E-state index contributed by atoms with van der Waals surface area (Å²) in [4.78, 5) is 2.18. The van der Waals surface area contributed by atoms with Crippen LogP contribution >= 0.6 is 0 Å². The van der Waals surface area contributed by atoms with E-state index in [9.17, 15) is 0 Å². The molecule has 0 heterocycles. The van der Waals surface area contributed by atoms with Crippen LogP contribution in [0.1, 0.15) is 33.6 Å². The molecule has 0 aromatic carbocycles. The Labute approximate surface area is 76.9 Å². The molecule has 12 heavy (non-hydrogen) atoms. The fourth-order valence-corrected chi connectivity index (χ4v) is 1.10. The first kappa shape index (κ1) is 11.9. The predicted molar refractivity (Wildman–Crippen MR) is 53.5 cm³/mol. The molecular weight excluding hydrogens is 150 g/mol. The van der Waals surface area contributed by atoms with E-state index in [4.69, 9.17) is 4.74 Å². The van der Waals surface area contributed by atoms with E-state index in [-0.39, 0.29) is 0 Å². The highest BCUT2D eigenvalue weighted by Gasteiger charge is 2.10. The van der Waals surface area contributed by atoms with Crippen molar-refractivity contribution in [3.8, 4) is 0 Å². The molecule has 0 aliphatic heterocycles. The van der Waals surface area contributed by atoms with Gasteiger partial charge in [-0.1, -0.05) is 13.8 Å². The summed E-state index contributed by atoms with van der Waals surface area (Å²) >= 11 is 0. The van der Waals surface area contributed by atoms with Gasteiger partial charge in [-0.05, 0) is 33.9 Å². The molecule has 0 aliphatic carbocycles. The average molecular weight is 173 g/mol. The lowest BCUT2D eigenvalue weighted by Gasteiger charge is -2.23. The third kappa shape index (κ3) is 5.56. The van der Waals surface area contributed by atoms with Gasteiger partial charge in [0.05, 0.1) is 12.2 Å². The van der Waals surface area contributed by atoms with Crippen LogP contribution in [0.5, 0.6) is 0 Å². The highest BCUT2D eigenvalue weighted by atomic mass is 16.5. The average Bonchev–Trinajstić information content (AvgIpc) is 2.02. The van der Waals surface area contributed by atoms with Crippen LogP contribution in [-0.4, -0.2) is 37.7 Å². The SMILES string of the molecule is CCC(C)OC(CC)CN(C)C. The molecule has 0 aromatic heterocycles. The first-order valence-electron chi connectivity index (χ1n) is 4.90. The Balaban J connectivity index is 3.66. The summed E-state index contributed by atoms with van der Waals surface area (Å²) in [5.41, 5.74) is 0. The normalized spacial score (nSPS) is 16.5. The van der Waals surface area contributed by atoms with Gasteiger partial charge in [-0.15, -0.1) is 0 Å². The van der Waals surface area contributed by atoms with E-state index in [1.807, 2.05) is 0 Å². The molecule has 0 N–H and O–H groups in total. The minimum absolute atomic E-state index is 0.398. The maximum atomic E-state index is 5.82. The van der Waals surface area contributed by atoms with Crippen LogP contribution in [0.15, 0.2) is 0 Å². The van der Waals surface area contributed by atoms with Crippen LogP contribution < -0.4 is 0 Å². The van der Waals surface area contributed by atoms with E-state index in [0.717, 1.165) is 19.4 Å². The van der Waals surface area contributed by atoms with Gasteiger partial charge >= 0.3 is 0 Å². The summed E-state index contributed by atoms with van der Waals surface area (Å²) in [5, 5.41) is 0. The molecule has 2 heteroatoms. The third-order valence-corrected chi connectivity index (χ3v) is 2.02. The topological polar surface area (TPSA) is 12.5 Å². The Morgan fingerprint density at radius 1 is 1.17 bits per heavy atom. The first-order valence-corrected chi connectivity index (χ1v) is 4.90. The van der Waals surface area contributed by atoms with Gasteiger partial charge in [0.2, 0.25) is 0 Å². The van der Waals surface area contributed by atoms with Crippen LogP contribution in [-0.2, 0) is 4.74 Å². The van der Waals surface area contributed by atoms with E-state index < -0.39 is 0 Å². The van der Waals surface area contributed by atoms with Crippen LogP contribution in [0.4, 0.5) is 0 Å². The first-order chi connectivity index (χ1) is 5.60. The highest BCUT2D eigenvalue weighted by molar-refractivity contribution is 4.61. The summed E-state index contributed by atoms with van der Waals surface area (Å²) in [6.07, 6.45) is 3.00. The lowest BCUT2D eigenvalue weighted by atomic mass is 10.2. The number of hydrogen-bond donors (Lipinski definition) is 0. The van der Waals surface area contributed by atoms with Crippen molar-refractivity contribution in [2.24, 2.45) is 0 Å². The van der Waals surface area contributed by atoms with Crippen molar-refractivity contribution >= 4 is 0 Å². The lowest BCUT2D eigenvalue weighted by molar-refractivity contribution is -0.0170. The van der Waals surface area contributed by atoms with Gasteiger partial charge in [-0.2, -0.15) is 0 Å². The molecule has 2 atom stereocenters. The molecule has 0 aromatic rings. The Kier molecular flexibility index (Phi) is 6.39. The standard InChI is InChI=1S/C10H23NO/c1-6-9(3)12-10(7-2)8-11(4)5/h9-10H,6-8H2,1-5H3. The van der Waals surface area contributed by atoms with Crippen molar-refractivity contribution in [1.29, 1.82) is 0 Å². The molecule has 0 fully saturated rings. The number of nitrogens with zero attached hydrogens (tertiary/aromatic N) is 1. The molecular formula is C10H23NO. The smallest absolute Gasteiger partial charge is 0.0702 e. The Bertz CT molecular complexity index is 104.